The van der Waals surface area contributed by atoms with Crippen LogP contribution in [0.2, 0.25) is 5.02 Å². The van der Waals surface area contributed by atoms with Gasteiger partial charge in [-0.1, -0.05) is 64.6 Å². The maximum Gasteiger partial charge on any atom is 0.388 e. The quantitative estimate of drug-likeness (QED) is 0.500. The van der Waals surface area contributed by atoms with Gasteiger partial charge in [0.1, 0.15) is 0 Å². The molecule has 0 fully saturated rings. The lowest BCUT2D eigenvalue weighted by atomic mass is 10.3. The Morgan fingerprint density at radius 2 is 1.71 bits per heavy atom. The fourth-order valence-corrected chi connectivity index (χ4v) is 3.20. The minimum atomic E-state index is -2.09. The summed E-state index contributed by atoms with van der Waals surface area (Å²) in [7, 11) is 0. The molecular formula is C15H9Cl4NO3S. The molecule has 9 heteroatoms. The Kier molecular flexibility index (Phi) is 5.00. The number of carbonyl (C=O) groups is 1. The Hall–Kier alpha value is -0.980. The third-order valence-electron chi connectivity index (χ3n) is 3.01. The first-order valence-electron chi connectivity index (χ1n) is 6.58. The van der Waals surface area contributed by atoms with E-state index in [1.54, 1.807) is 36.4 Å². The summed E-state index contributed by atoms with van der Waals surface area (Å²) < 4.78 is 9.11. The highest BCUT2D eigenvalue weighted by molar-refractivity contribution is 8.13. The highest BCUT2D eigenvalue weighted by Gasteiger charge is 2.59. The lowest BCUT2D eigenvalue weighted by molar-refractivity contribution is -0.0911. The fourth-order valence-electron chi connectivity index (χ4n) is 1.97. The van der Waals surface area contributed by atoms with Crippen LogP contribution in [0, 0.1) is 0 Å². The monoisotopic (exact) mass is 423 g/mol. The molecule has 1 N–H and O–H groups in total. The highest BCUT2D eigenvalue weighted by Crippen LogP contribution is 2.49. The Morgan fingerprint density at radius 1 is 1.04 bits per heavy atom. The Bertz CT molecular complexity index is 769. The number of ether oxygens (including phenoxy) is 2. The topological polar surface area (TPSA) is 47.6 Å². The van der Waals surface area contributed by atoms with Gasteiger partial charge < -0.3 is 9.47 Å². The summed E-state index contributed by atoms with van der Waals surface area (Å²) in [6.07, 6.45) is 0. The van der Waals surface area contributed by atoms with Gasteiger partial charge in [0.05, 0.1) is 0 Å². The third-order valence-corrected chi connectivity index (χ3v) is 4.78. The van der Waals surface area contributed by atoms with Crippen molar-refractivity contribution in [1.82, 2.24) is 5.32 Å². The van der Waals surface area contributed by atoms with Crippen molar-refractivity contribution in [3.8, 4) is 11.5 Å². The summed E-state index contributed by atoms with van der Waals surface area (Å²) in [6, 6.07) is 13.7. The van der Waals surface area contributed by atoms with E-state index in [1.807, 2.05) is 6.07 Å². The van der Waals surface area contributed by atoms with Crippen molar-refractivity contribution in [1.29, 1.82) is 0 Å². The number of thioether (sulfide) groups is 1. The molecule has 126 valence electrons. The molecule has 1 unspecified atom stereocenters. The van der Waals surface area contributed by atoms with Crippen LogP contribution in [0.4, 0.5) is 4.79 Å². The molecule has 0 saturated carbocycles. The Labute approximate surface area is 162 Å². The number of fused-ring (bicyclic) bond motifs is 1. The minimum absolute atomic E-state index is 0.263. The second-order valence-corrected chi connectivity index (χ2v) is 8.50. The number of hydrogen-bond donors (Lipinski definition) is 1. The van der Waals surface area contributed by atoms with Crippen molar-refractivity contribution in [3.63, 3.8) is 0 Å². The Balaban J connectivity index is 1.83. The van der Waals surface area contributed by atoms with E-state index in [9.17, 15) is 4.79 Å². The van der Waals surface area contributed by atoms with Crippen LogP contribution in [-0.2, 0) is 0 Å². The molecule has 0 spiro atoms. The van der Waals surface area contributed by atoms with Crippen molar-refractivity contribution in [3.05, 3.63) is 53.6 Å². The van der Waals surface area contributed by atoms with E-state index in [4.69, 9.17) is 55.9 Å². The number of amides is 1. The molecule has 1 atom stereocenters. The average molecular weight is 425 g/mol. The second-order valence-electron chi connectivity index (χ2n) is 4.74. The average Bonchev–Trinajstić information content (AvgIpc) is 2.86. The normalized spacial score (nSPS) is 19.2. The molecule has 1 aliphatic rings. The van der Waals surface area contributed by atoms with Crippen molar-refractivity contribution in [2.45, 2.75) is 14.6 Å². The molecule has 3 rings (SSSR count). The predicted octanol–water partition coefficient (Wildman–Crippen LogP) is 5.64. The van der Waals surface area contributed by atoms with Crippen LogP contribution in [0.3, 0.4) is 0 Å². The predicted molar refractivity (Wildman–Crippen MR) is 96.6 cm³/mol. The molecule has 0 aliphatic carbocycles. The third kappa shape index (κ3) is 3.65. The number of benzene rings is 2. The van der Waals surface area contributed by atoms with E-state index in [2.05, 4.69) is 5.32 Å². The number of halogens is 4. The van der Waals surface area contributed by atoms with Gasteiger partial charge in [-0.05, 0) is 36.0 Å². The zero-order chi connectivity index (χ0) is 17.4. The summed E-state index contributed by atoms with van der Waals surface area (Å²) in [4.78, 5) is 13.0. The summed E-state index contributed by atoms with van der Waals surface area (Å²) >= 11 is 24.8. The summed E-state index contributed by atoms with van der Waals surface area (Å²) in [5, 5.41) is 2.40. The van der Waals surface area contributed by atoms with Crippen LogP contribution in [0.15, 0.2) is 53.4 Å². The van der Waals surface area contributed by atoms with E-state index < -0.39 is 14.9 Å². The summed E-state index contributed by atoms with van der Waals surface area (Å²) in [5.74, 6) is -1.43. The van der Waals surface area contributed by atoms with Crippen LogP contribution in [0.25, 0.3) is 0 Å². The van der Waals surface area contributed by atoms with Crippen LogP contribution in [-0.4, -0.2) is 14.9 Å². The summed E-state index contributed by atoms with van der Waals surface area (Å²) in [5.41, 5.74) is 0. The zero-order valence-electron chi connectivity index (χ0n) is 11.8. The first-order valence-corrected chi connectivity index (χ1v) is 8.91. The molecule has 1 amide bonds. The SMILES string of the molecule is O=C(NC1(C(Cl)(Cl)Cl)Oc2ccc(Cl)cc2O1)Sc1ccccc1. The number of hydrogen-bond acceptors (Lipinski definition) is 4. The molecule has 1 heterocycles. The highest BCUT2D eigenvalue weighted by atomic mass is 35.6. The molecule has 0 saturated heterocycles. The van der Waals surface area contributed by atoms with Gasteiger partial charge in [0.15, 0.2) is 11.5 Å². The largest absolute Gasteiger partial charge is 0.428 e. The van der Waals surface area contributed by atoms with Gasteiger partial charge in [-0.3, -0.25) is 10.1 Å². The molecule has 4 nitrogen and oxygen atoms in total. The molecule has 24 heavy (non-hydrogen) atoms. The smallest absolute Gasteiger partial charge is 0.388 e. The molecule has 0 radical (unpaired) electrons. The molecule has 2 aromatic carbocycles. The van der Waals surface area contributed by atoms with Gasteiger partial charge in [-0.2, -0.15) is 0 Å². The molecule has 0 aromatic heterocycles. The second kappa shape index (κ2) is 6.73. The van der Waals surface area contributed by atoms with Gasteiger partial charge in [0.25, 0.3) is 9.03 Å². The maximum atomic E-state index is 12.3. The van der Waals surface area contributed by atoms with Gasteiger partial charge >= 0.3 is 5.91 Å². The lowest BCUT2D eigenvalue weighted by Gasteiger charge is -2.33. The van der Waals surface area contributed by atoms with Crippen molar-refractivity contribution in [2.75, 3.05) is 0 Å². The first-order chi connectivity index (χ1) is 11.3. The molecule has 2 aromatic rings. The van der Waals surface area contributed by atoms with Gasteiger partial charge in [0, 0.05) is 16.0 Å². The van der Waals surface area contributed by atoms with Crippen molar-refractivity contribution >= 4 is 63.4 Å². The van der Waals surface area contributed by atoms with Crippen LogP contribution < -0.4 is 14.8 Å². The first kappa shape index (κ1) is 17.8. The van der Waals surface area contributed by atoms with Gasteiger partial charge in [-0.25, -0.2) is 0 Å². The molecular weight excluding hydrogens is 416 g/mol. The van der Waals surface area contributed by atoms with Gasteiger partial charge in [-0.15, -0.1) is 0 Å². The molecule has 1 aliphatic heterocycles. The maximum absolute atomic E-state index is 12.3. The zero-order valence-corrected chi connectivity index (χ0v) is 15.6. The number of nitrogens with one attached hydrogen (secondary N) is 1. The van der Waals surface area contributed by atoms with Crippen molar-refractivity contribution in [2.24, 2.45) is 0 Å². The Morgan fingerprint density at radius 3 is 2.38 bits per heavy atom. The van der Waals surface area contributed by atoms with E-state index in [0.717, 1.165) is 11.8 Å². The standard InChI is InChI=1S/C15H9Cl4NO3S/c16-9-6-7-11-12(8-9)23-15(22-11,14(17,18)19)20-13(21)24-10-4-2-1-3-5-10/h1-8H,(H,20,21). The van der Waals surface area contributed by atoms with Gasteiger partial charge in [0.2, 0.25) is 0 Å². The van der Waals surface area contributed by atoms with E-state index >= 15 is 0 Å². The summed E-state index contributed by atoms with van der Waals surface area (Å²) in [6.45, 7) is 0. The van der Waals surface area contributed by atoms with Crippen LogP contribution in [0.5, 0.6) is 11.5 Å². The molecule has 0 bridgehead atoms. The number of rotatable bonds is 2. The van der Waals surface area contributed by atoms with E-state index in [0.29, 0.717) is 15.7 Å². The number of carbonyl (C=O) groups excluding carboxylic acids is 1. The van der Waals surface area contributed by atoms with Crippen LogP contribution >= 0.6 is 58.2 Å². The van der Waals surface area contributed by atoms with E-state index in [1.165, 1.54) is 6.07 Å². The fraction of sp³-hybridized carbons (Fsp3) is 0.133. The number of alkyl halides is 3. The van der Waals surface area contributed by atoms with Crippen molar-refractivity contribution < 1.29 is 14.3 Å². The minimum Gasteiger partial charge on any atom is -0.428 e. The lowest BCUT2D eigenvalue weighted by Crippen LogP contribution is -2.62. The van der Waals surface area contributed by atoms with E-state index in [-0.39, 0.29) is 5.75 Å². The van der Waals surface area contributed by atoms with Crippen LogP contribution in [0.1, 0.15) is 0 Å².